The zero-order chi connectivity index (χ0) is 15.2. The molecule has 1 aliphatic rings. The Bertz CT molecular complexity index is 544. The van der Waals surface area contributed by atoms with E-state index in [0.29, 0.717) is 23.2 Å². The fourth-order valence-electron chi connectivity index (χ4n) is 1.84. The maximum absolute atomic E-state index is 11.7. The van der Waals surface area contributed by atoms with Crippen molar-refractivity contribution in [3.8, 4) is 11.5 Å². The molecule has 0 aromatic heterocycles. The topological polar surface area (TPSA) is 94.4 Å². The van der Waals surface area contributed by atoms with Crippen LogP contribution in [0.3, 0.4) is 0 Å². The van der Waals surface area contributed by atoms with Gasteiger partial charge in [-0.2, -0.15) is 5.10 Å². The third kappa shape index (κ3) is 4.69. The summed E-state index contributed by atoms with van der Waals surface area (Å²) in [5.41, 5.74) is 2.78. The lowest BCUT2D eigenvalue weighted by molar-refractivity contribution is -0.123. The zero-order valence-electron chi connectivity index (χ0n) is 11.3. The number of nitrogens with zero attached hydrogens (tertiary/aromatic N) is 2. The summed E-state index contributed by atoms with van der Waals surface area (Å²) < 4.78 is 5.63. The molecule has 1 heterocycles. The van der Waals surface area contributed by atoms with Gasteiger partial charge in [-0.05, 0) is 22.0 Å². The Morgan fingerprint density at radius 3 is 2.81 bits per heavy atom. The monoisotopic (exact) mass is 357 g/mol. The minimum Gasteiger partial charge on any atom is -0.507 e. The first kappa shape index (κ1) is 15.7. The van der Waals surface area contributed by atoms with Gasteiger partial charge < -0.3 is 14.9 Å². The number of phenols is 2. The van der Waals surface area contributed by atoms with Crippen LogP contribution in [0.5, 0.6) is 11.5 Å². The van der Waals surface area contributed by atoms with Crippen LogP contribution in [0.1, 0.15) is 5.56 Å². The first-order valence-corrected chi connectivity index (χ1v) is 7.19. The number of halogens is 1. The van der Waals surface area contributed by atoms with Gasteiger partial charge in [0.1, 0.15) is 11.5 Å². The van der Waals surface area contributed by atoms with E-state index < -0.39 is 0 Å². The number of phenolic OH excluding ortho intramolecular Hbond substituents is 2. The number of hydrazone groups is 1. The van der Waals surface area contributed by atoms with E-state index in [1.807, 2.05) is 4.90 Å². The third-order valence-corrected chi connectivity index (χ3v) is 3.60. The second-order valence-corrected chi connectivity index (χ2v) is 5.40. The van der Waals surface area contributed by atoms with Gasteiger partial charge in [-0.15, -0.1) is 0 Å². The number of benzene rings is 1. The summed E-state index contributed by atoms with van der Waals surface area (Å²) >= 11 is 3.14. The quantitative estimate of drug-likeness (QED) is 0.543. The van der Waals surface area contributed by atoms with E-state index >= 15 is 0 Å². The molecule has 1 aromatic carbocycles. The van der Waals surface area contributed by atoms with Crippen LogP contribution in [0.4, 0.5) is 0 Å². The normalized spacial score (nSPS) is 16.2. The molecule has 3 N–H and O–H groups in total. The number of ether oxygens (including phenoxy) is 1. The molecule has 1 aromatic rings. The zero-order valence-corrected chi connectivity index (χ0v) is 12.8. The van der Waals surface area contributed by atoms with Crippen molar-refractivity contribution in [3.05, 3.63) is 22.2 Å². The highest BCUT2D eigenvalue weighted by Gasteiger charge is 2.13. The Hall–Kier alpha value is -1.64. The fraction of sp³-hybridized carbons (Fsp3) is 0.385. The Balaban J connectivity index is 1.87. The first-order chi connectivity index (χ1) is 10.1. The van der Waals surface area contributed by atoms with E-state index in [9.17, 15) is 15.0 Å². The molecular formula is C13H16BrN3O4. The van der Waals surface area contributed by atoms with E-state index in [2.05, 4.69) is 26.5 Å². The lowest BCUT2D eigenvalue weighted by Gasteiger charge is -2.25. The molecule has 0 unspecified atom stereocenters. The van der Waals surface area contributed by atoms with E-state index in [0.717, 1.165) is 13.1 Å². The highest BCUT2D eigenvalue weighted by Crippen LogP contribution is 2.30. The summed E-state index contributed by atoms with van der Waals surface area (Å²) in [6.07, 6.45) is 1.32. The minimum absolute atomic E-state index is 0.0685. The van der Waals surface area contributed by atoms with Gasteiger partial charge in [-0.3, -0.25) is 9.69 Å². The number of carbonyl (C=O) groups excluding carboxylic acids is 1. The number of hydrogen-bond acceptors (Lipinski definition) is 6. The smallest absolute Gasteiger partial charge is 0.254 e. The lowest BCUT2D eigenvalue weighted by Crippen LogP contribution is -2.42. The Labute approximate surface area is 130 Å². The van der Waals surface area contributed by atoms with Gasteiger partial charge in [-0.25, -0.2) is 5.43 Å². The van der Waals surface area contributed by atoms with Crippen molar-refractivity contribution in [2.24, 2.45) is 5.10 Å². The molecule has 21 heavy (non-hydrogen) atoms. The molecule has 0 saturated carbocycles. The predicted molar refractivity (Wildman–Crippen MR) is 80.5 cm³/mol. The SMILES string of the molecule is O=C(CN1CCOCC1)N/N=C\c1cc(Br)c(O)cc1O. The molecule has 0 bridgehead atoms. The maximum atomic E-state index is 11.7. The molecule has 0 radical (unpaired) electrons. The van der Waals surface area contributed by atoms with E-state index in [1.165, 1.54) is 18.3 Å². The van der Waals surface area contributed by atoms with Gasteiger partial charge in [0.25, 0.3) is 5.91 Å². The van der Waals surface area contributed by atoms with Gasteiger partial charge >= 0.3 is 0 Å². The van der Waals surface area contributed by atoms with Crippen molar-refractivity contribution >= 4 is 28.1 Å². The van der Waals surface area contributed by atoms with E-state index in [4.69, 9.17) is 4.74 Å². The number of aromatic hydroxyl groups is 2. The lowest BCUT2D eigenvalue weighted by atomic mass is 10.2. The van der Waals surface area contributed by atoms with Gasteiger partial charge in [-0.1, -0.05) is 0 Å². The number of rotatable bonds is 4. The van der Waals surface area contributed by atoms with E-state index in [-0.39, 0.29) is 24.0 Å². The molecule has 114 valence electrons. The summed E-state index contributed by atoms with van der Waals surface area (Å²) in [4.78, 5) is 13.7. The number of hydrogen-bond donors (Lipinski definition) is 3. The van der Waals surface area contributed by atoms with Crippen molar-refractivity contribution in [2.45, 2.75) is 0 Å². The molecule has 1 saturated heterocycles. The number of amides is 1. The van der Waals surface area contributed by atoms with Crippen molar-refractivity contribution in [2.75, 3.05) is 32.8 Å². The van der Waals surface area contributed by atoms with Crippen LogP contribution in [0.25, 0.3) is 0 Å². The molecule has 0 aliphatic carbocycles. The van der Waals surface area contributed by atoms with Crippen molar-refractivity contribution in [1.29, 1.82) is 0 Å². The molecule has 2 rings (SSSR count). The molecule has 1 amide bonds. The summed E-state index contributed by atoms with van der Waals surface area (Å²) in [5.74, 6) is -0.423. The maximum Gasteiger partial charge on any atom is 0.254 e. The van der Waals surface area contributed by atoms with Crippen molar-refractivity contribution < 1.29 is 19.7 Å². The summed E-state index contributed by atoms with van der Waals surface area (Å²) in [7, 11) is 0. The Morgan fingerprint density at radius 2 is 2.10 bits per heavy atom. The molecule has 1 fully saturated rings. The molecule has 0 atom stereocenters. The number of morpholine rings is 1. The van der Waals surface area contributed by atoms with Crippen molar-refractivity contribution in [1.82, 2.24) is 10.3 Å². The van der Waals surface area contributed by atoms with Crippen molar-refractivity contribution in [3.63, 3.8) is 0 Å². The van der Waals surface area contributed by atoms with Crippen LogP contribution in [-0.4, -0.2) is 60.1 Å². The summed E-state index contributed by atoms with van der Waals surface area (Å²) in [5, 5.41) is 22.8. The predicted octanol–water partition coefficient (Wildman–Crippen LogP) is 0.643. The molecule has 8 heteroatoms. The standard InChI is InChI=1S/C13H16BrN3O4/c14-10-5-9(11(18)6-12(10)19)7-15-16-13(20)8-17-1-3-21-4-2-17/h5-7,18-19H,1-4,8H2,(H,16,20)/b15-7-. The molecule has 7 nitrogen and oxygen atoms in total. The van der Waals surface area contributed by atoms with Crippen LogP contribution in [0.15, 0.2) is 21.7 Å². The molecular weight excluding hydrogens is 342 g/mol. The highest BCUT2D eigenvalue weighted by molar-refractivity contribution is 9.10. The van der Waals surface area contributed by atoms with Gasteiger partial charge in [0.05, 0.1) is 30.4 Å². The largest absolute Gasteiger partial charge is 0.507 e. The van der Waals surface area contributed by atoms with Gasteiger partial charge in [0.2, 0.25) is 0 Å². The van der Waals surface area contributed by atoms with Crippen LogP contribution in [-0.2, 0) is 9.53 Å². The van der Waals surface area contributed by atoms with Crippen LogP contribution >= 0.6 is 15.9 Å². The van der Waals surface area contributed by atoms with Gasteiger partial charge in [0.15, 0.2) is 0 Å². The average molecular weight is 358 g/mol. The third-order valence-electron chi connectivity index (χ3n) is 2.96. The Kier molecular flexibility index (Phi) is 5.54. The number of carbonyl (C=O) groups is 1. The summed E-state index contributed by atoms with van der Waals surface area (Å²) in [6, 6.07) is 2.70. The molecule has 0 spiro atoms. The Morgan fingerprint density at radius 1 is 1.38 bits per heavy atom. The van der Waals surface area contributed by atoms with Crippen LogP contribution < -0.4 is 5.43 Å². The van der Waals surface area contributed by atoms with E-state index in [1.54, 1.807) is 0 Å². The second-order valence-electron chi connectivity index (χ2n) is 4.54. The average Bonchev–Trinajstić information content (AvgIpc) is 2.45. The first-order valence-electron chi connectivity index (χ1n) is 6.40. The van der Waals surface area contributed by atoms with Gasteiger partial charge in [0, 0.05) is 24.7 Å². The van der Waals surface area contributed by atoms with Crippen LogP contribution in [0, 0.1) is 0 Å². The fourth-order valence-corrected chi connectivity index (χ4v) is 2.20. The highest BCUT2D eigenvalue weighted by atomic mass is 79.9. The second kappa shape index (κ2) is 7.39. The van der Waals surface area contributed by atoms with Crippen LogP contribution in [0.2, 0.25) is 0 Å². The summed E-state index contributed by atoms with van der Waals surface area (Å²) in [6.45, 7) is 2.97. The minimum atomic E-state index is -0.231. The molecule has 1 aliphatic heterocycles. The number of nitrogens with one attached hydrogen (secondary N) is 1.